The van der Waals surface area contributed by atoms with Gasteiger partial charge in [0.05, 0.1) is 12.1 Å². The lowest BCUT2D eigenvalue weighted by atomic mass is 10.0. The van der Waals surface area contributed by atoms with Crippen molar-refractivity contribution in [2.45, 2.75) is 12.8 Å². The topological polar surface area (TPSA) is 71.0 Å². The maximum absolute atomic E-state index is 14.4. The average molecular weight is 489 g/mol. The van der Waals surface area contributed by atoms with Crippen molar-refractivity contribution in [1.82, 2.24) is 10.4 Å². The van der Waals surface area contributed by atoms with Crippen LogP contribution < -0.4 is 10.2 Å². The van der Waals surface area contributed by atoms with Gasteiger partial charge in [-0.1, -0.05) is 78.9 Å². The van der Waals surface area contributed by atoms with Crippen molar-refractivity contribution in [2.75, 3.05) is 26.3 Å². The van der Waals surface area contributed by atoms with E-state index in [2.05, 4.69) is 46.8 Å². The van der Waals surface area contributed by atoms with Gasteiger partial charge in [0.25, 0.3) is 0 Å². The number of nitrogens with one attached hydrogen (secondary N) is 1. The Labute approximate surface area is 210 Å². The number of nitrogens with zero attached hydrogens (tertiary/aromatic N) is 1. The van der Waals surface area contributed by atoms with Crippen molar-refractivity contribution in [3.8, 4) is 16.9 Å². The molecule has 1 heterocycles. The lowest BCUT2D eigenvalue weighted by Gasteiger charge is -2.23. The molecule has 7 heteroatoms. The smallest absolute Gasteiger partial charge is 0.307 e. The molecule has 0 saturated carbocycles. The van der Waals surface area contributed by atoms with Crippen LogP contribution in [0.15, 0.2) is 91.1 Å². The highest BCUT2D eigenvalue weighted by Crippen LogP contribution is 2.23. The van der Waals surface area contributed by atoms with Crippen LogP contribution in [-0.4, -0.2) is 42.3 Å². The highest BCUT2D eigenvalue weighted by molar-refractivity contribution is 5.70. The predicted molar refractivity (Wildman–Crippen MR) is 138 cm³/mol. The van der Waals surface area contributed by atoms with Gasteiger partial charge in [0.1, 0.15) is 13.2 Å². The average Bonchev–Trinajstić information content (AvgIpc) is 2.91. The summed E-state index contributed by atoms with van der Waals surface area (Å²) in [6, 6.07) is 22.9. The van der Waals surface area contributed by atoms with E-state index in [-0.39, 0.29) is 24.5 Å². The van der Waals surface area contributed by atoms with Gasteiger partial charge in [-0.15, -0.1) is 0 Å². The van der Waals surface area contributed by atoms with Gasteiger partial charge in [0.15, 0.2) is 11.6 Å². The summed E-state index contributed by atoms with van der Waals surface area (Å²) in [5.74, 6) is -1.76. The highest BCUT2D eigenvalue weighted by atomic mass is 19.1. The second-order valence-electron chi connectivity index (χ2n) is 8.34. The molecule has 0 aromatic heterocycles. The van der Waals surface area contributed by atoms with Crippen LogP contribution in [0.5, 0.6) is 5.75 Å². The molecule has 0 atom stereocenters. The highest BCUT2D eigenvalue weighted by Gasteiger charge is 2.12. The number of carbonyl (C=O) groups is 1. The van der Waals surface area contributed by atoms with E-state index in [0.717, 1.165) is 41.9 Å². The van der Waals surface area contributed by atoms with Crippen LogP contribution >= 0.6 is 0 Å². The zero-order valence-corrected chi connectivity index (χ0v) is 19.9. The first kappa shape index (κ1) is 25.0. The first-order chi connectivity index (χ1) is 17.6. The van der Waals surface area contributed by atoms with Gasteiger partial charge in [0.2, 0.25) is 0 Å². The van der Waals surface area contributed by atoms with E-state index in [1.807, 2.05) is 36.5 Å². The molecule has 1 aliphatic heterocycles. The Balaban J connectivity index is 1.38. The molecule has 0 fully saturated rings. The molecule has 0 bridgehead atoms. The van der Waals surface area contributed by atoms with Gasteiger partial charge in [-0.25, -0.2) is 4.39 Å². The second kappa shape index (κ2) is 12.6. The van der Waals surface area contributed by atoms with Crippen molar-refractivity contribution >= 4 is 11.7 Å². The molecule has 186 valence electrons. The number of ether oxygens (including phenoxy) is 1. The molecule has 0 amide bonds. The normalized spacial score (nSPS) is 13.5. The number of aliphatic carboxylic acids is 1. The van der Waals surface area contributed by atoms with E-state index in [1.54, 1.807) is 6.07 Å². The lowest BCUT2D eigenvalue weighted by molar-refractivity contribution is -0.136. The minimum absolute atomic E-state index is 0.00437. The molecule has 1 aliphatic rings. The zero-order valence-electron chi connectivity index (χ0n) is 19.9. The number of hydrogen-bond acceptors (Lipinski definition) is 5. The van der Waals surface area contributed by atoms with E-state index in [1.165, 1.54) is 12.1 Å². The maximum atomic E-state index is 14.4. The third kappa shape index (κ3) is 6.96. The van der Waals surface area contributed by atoms with Gasteiger partial charge >= 0.3 is 5.97 Å². The van der Waals surface area contributed by atoms with E-state index < -0.39 is 18.2 Å². The lowest BCUT2D eigenvalue weighted by Crippen LogP contribution is -2.25. The zero-order chi connectivity index (χ0) is 25.2. The van der Waals surface area contributed by atoms with Crippen LogP contribution in [-0.2, 0) is 16.1 Å². The van der Waals surface area contributed by atoms with Crippen molar-refractivity contribution < 1.29 is 23.9 Å². The van der Waals surface area contributed by atoms with Crippen LogP contribution in [0.1, 0.15) is 17.5 Å². The molecule has 3 aromatic carbocycles. The van der Waals surface area contributed by atoms with Crippen LogP contribution in [0.2, 0.25) is 0 Å². The monoisotopic (exact) mass is 488 g/mol. The number of rotatable bonds is 11. The summed E-state index contributed by atoms with van der Waals surface area (Å²) in [5.41, 5.74) is 7.16. The van der Waals surface area contributed by atoms with E-state index in [9.17, 15) is 9.18 Å². The molecule has 2 N–H and O–H groups in total. The summed E-state index contributed by atoms with van der Waals surface area (Å²) in [6.45, 7) is 1.98. The first-order valence-electron chi connectivity index (χ1n) is 11.9. The fourth-order valence-corrected chi connectivity index (χ4v) is 3.88. The van der Waals surface area contributed by atoms with Crippen LogP contribution in [0.4, 0.5) is 4.39 Å². The number of carboxylic acids is 1. The summed E-state index contributed by atoms with van der Waals surface area (Å²) < 4.78 is 19.9. The van der Waals surface area contributed by atoms with Crippen molar-refractivity contribution in [2.24, 2.45) is 0 Å². The van der Waals surface area contributed by atoms with Gasteiger partial charge in [-0.05, 0) is 23.6 Å². The van der Waals surface area contributed by atoms with Gasteiger partial charge in [-0.3, -0.25) is 15.1 Å². The van der Waals surface area contributed by atoms with Gasteiger partial charge in [-0.2, -0.15) is 0 Å². The summed E-state index contributed by atoms with van der Waals surface area (Å²) in [5, 5.41) is 8.92. The Kier molecular flexibility index (Phi) is 8.72. The number of hydroxylamine groups is 1. The minimum Gasteiger partial charge on any atom is -0.488 e. The largest absolute Gasteiger partial charge is 0.488 e. The van der Waals surface area contributed by atoms with E-state index >= 15 is 0 Å². The number of halogens is 1. The van der Waals surface area contributed by atoms with E-state index in [4.69, 9.17) is 14.7 Å². The molecule has 0 aliphatic carbocycles. The van der Waals surface area contributed by atoms with Gasteiger partial charge < -0.3 is 14.7 Å². The standard InChI is InChI=1S/C29H29FN2O4/c30-29-25(20-28(33)34)10-7-11-27(29)35-18-19-36-31-26(21-32-16-5-2-6-17-32)24-14-12-23(13-15-24)22-8-3-1-4-9-22/h1-5,7-15,21,31H,6,16-20H2,(H,33,34). The summed E-state index contributed by atoms with van der Waals surface area (Å²) in [7, 11) is 0. The summed E-state index contributed by atoms with van der Waals surface area (Å²) >= 11 is 0. The third-order valence-corrected chi connectivity index (χ3v) is 5.71. The fraction of sp³-hybridized carbons (Fsp3) is 0.207. The molecule has 0 spiro atoms. The fourth-order valence-electron chi connectivity index (χ4n) is 3.88. The summed E-state index contributed by atoms with van der Waals surface area (Å²) in [6.07, 6.45) is 6.93. The Morgan fingerprint density at radius 1 is 0.972 bits per heavy atom. The first-order valence-corrected chi connectivity index (χ1v) is 11.9. The van der Waals surface area contributed by atoms with Crippen LogP contribution in [0, 0.1) is 5.82 Å². The molecular formula is C29H29FN2O4. The molecule has 0 saturated heterocycles. The van der Waals surface area contributed by atoms with Crippen LogP contribution in [0.3, 0.4) is 0 Å². The Morgan fingerprint density at radius 3 is 2.47 bits per heavy atom. The van der Waals surface area contributed by atoms with Gasteiger partial charge in [0, 0.05) is 30.4 Å². The van der Waals surface area contributed by atoms with E-state index in [0.29, 0.717) is 0 Å². The number of benzene rings is 3. The molecule has 4 rings (SSSR count). The Hall–Kier alpha value is -4.10. The quantitative estimate of drug-likeness (QED) is 0.217. The number of hydrogen-bond donors (Lipinski definition) is 2. The third-order valence-electron chi connectivity index (χ3n) is 5.71. The molecule has 0 unspecified atom stereocenters. The molecule has 0 radical (unpaired) electrons. The van der Waals surface area contributed by atoms with Crippen molar-refractivity contribution in [3.63, 3.8) is 0 Å². The Bertz CT molecular complexity index is 1210. The van der Waals surface area contributed by atoms with Crippen molar-refractivity contribution in [3.05, 3.63) is 108 Å². The second-order valence-corrected chi connectivity index (χ2v) is 8.34. The Morgan fingerprint density at radius 2 is 1.75 bits per heavy atom. The SMILES string of the molecule is O=C(O)Cc1cccc(OCCONC(=CN2CC=CCC2)c2ccc(-c3ccccc3)cc2)c1F. The van der Waals surface area contributed by atoms with Crippen LogP contribution in [0.25, 0.3) is 16.8 Å². The molecule has 6 nitrogen and oxygen atoms in total. The number of carboxylic acid groups (broad SMARTS) is 1. The summed E-state index contributed by atoms with van der Waals surface area (Å²) in [4.78, 5) is 18.8. The molecule has 3 aromatic rings. The molecular weight excluding hydrogens is 459 g/mol. The predicted octanol–water partition coefficient (Wildman–Crippen LogP) is 5.28. The van der Waals surface area contributed by atoms with Crippen molar-refractivity contribution in [1.29, 1.82) is 0 Å². The minimum atomic E-state index is -1.10. The molecule has 36 heavy (non-hydrogen) atoms. The maximum Gasteiger partial charge on any atom is 0.307 e.